The minimum Gasteiger partial charge on any atom is -0.469 e. The number of esters is 1. The Morgan fingerprint density at radius 2 is 1.81 bits per heavy atom. The number of benzene rings is 2. The summed E-state index contributed by atoms with van der Waals surface area (Å²) < 4.78 is 4.68. The SMILES string of the molecule is COC(=O)CCc1cc(Cl)c(Cc2ccc3[nH]cc(C(C)C)c3c2)c(Cl)c1. The van der Waals surface area contributed by atoms with Crippen molar-refractivity contribution in [2.24, 2.45) is 0 Å². The molecule has 2 aromatic carbocycles. The predicted molar refractivity (Wildman–Crippen MR) is 112 cm³/mol. The fraction of sp³-hybridized carbons (Fsp3) is 0.318. The van der Waals surface area contributed by atoms with Crippen molar-refractivity contribution in [3.8, 4) is 0 Å². The Labute approximate surface area is 169 Å². The highest BCUT2D eigenvalue weighted by Gasteiger charge is 2.13. The van der Waals surface area contributed by atoms with Gasteiger partial charge >= 0.3 is 5.97 Å². The van der Waals surface area contributed by atoms with Crippen LogP contribution in [0.3, 0.4) is 0 Å². The fourth-order valence-corrected chi connectivity index (χ4v) is 3.96. The lowest BCUT2D eigenvalue weighted by Crippen LogP contribution is -2.02. The molecule has 1 aromatic heterocycles. The Hall–Kier alpha value is -1.97. The number of ether oxygens (including phenoxy) is 1. The number of aromatic nitrogens is 1. The van der Waals surface area contributed by atoms with E-state index in [4.69, 9.17) is 23.2 Å². The first-order chi connectivity index (χ1) is 12.9. The molecule has 3 nitrogen and oxygen atoms in total. The Bertz CT molecular complexity index is 953. The smallest absolute Gasteiger partial charge is 0.305 e. The van der Waals surface area contributed by atoms with Crippen molar-refractivity contribution in [1.82, 2.24) is 4.98 Å². The second kappa shape index (κ2) is 8.37. The normalized spacial score (nSPS) is 11.3. The van der Waals surface area contributed by atoms with Crippen LogP contribution in [-0.4, -0.2) is 18.1 Å². The van der Waals surface area contributed by atoms with Crippen LogP contribution in [-0.2, 0) is 22.4 Å². The highest BCUT2D eigenvalue weighted by Crippen LogP contribution is 2.31. The molecule has 0 spiro atoms. The summed E-state index contributed by atoms with van der Waals surface area (Å²) in [5, 5.41) is 2.49. The number of H-pyrrole nitrogens is 1. The third-order valence-electron chi connectivity index (χ3n) is 4.83. The number of methoxy groups -OCH3 is 1. The van der Waals surface area contributed by atoms with E-state index in [1.54, 1.807) is 0 Å². The van der Waals surface area contributed by atoms with E-state index in [1.807, 2.05) is 12.1 Å². The van der Waals surface area contributed by atoms with Gasteiger partial charge in [-0.15, -0.1) is 0 Å². The molecule has 3 aromatic rings. The van der Waals surface area contributed by atoms with Crippen molar-refractivity contribution in [2.75, 3.05) is 7.11 Å². The molecule has 0 aliphatic heterocycles. The topological polar surface area (TPSA) is 42.1 Å². The fourth-order valence-electron chi connectivity index (χ4n) is 3.30. The molecule has 0 radical (unpaired) electrons. The van der Waals surface area contributed by atoms with Gasteiger partial charge in [-0.1, -0.05) is 43.1 Å². The van der Waals surface area contributed by atoms with Crippen molar-refractivity contribution < 1.29 is 9.53 Å². The molecule has 0 aliphatic carbocycles. The summed E-state index contributed by atoms with van der Waals surface area (Å²) in [5.74, 6) is 0.211. The number of carbonyl (C=O) groups excluding carboxylic acids is 1. The van der Waals surface area contributed by atoms with Crippen LogP contribution in [0.15, 0.2) is 36.5 Å². The van der Waals surface area contributed by atoms with E-state index in [-0.39, 0.29) is 5.97 Å². The van der Waals surface area contributed by atoms with Gasteiger partial charge in [0.2, 0.25) is 0 Å². The van der Waals surface area contributed by atoms with Crippen LogP contribution in [0.5, 0.6) is 0 Å². The van der Waals surface area contributed by atoms with Gasteiger partial charge < -0.3 is 9.72 Å². The Morgan fingerprint density at radius 3 is 2.44 bits per heavy atom. The second-order valence-corrected chi connectivity index (χ2v) is 7.88. The summed E-state index contributed by atoms with van der Waals surface area (Å²) in [6, 6.07) is 10.2. The number of nitrogens with one attached hydrogen (secondary N) is 1. The van der Waals surface area contributed by atoms with Gasteiger partial charge in [-0.25, -0.2) is 0 Å². The number of fused-ring (bicyclic) bond motifs is 1. The lowest BCUT2D eigenvalue weighted by Gasteiger charge is -2.11. The molecule has 0 fully saturated rings. The van der Waals surface area contributed by atoms with Crippen LogP contribution in [0.25, 0.3) is 10.9 Å². The first kappa shape index (κ1) is 19.8. The summed E-state index contributed by atoms with van der Waals surface area (Å²) in [5.41, 5.74) is 5.44. The van der Waals surface area contributed by atoms with Gasteiger partial charge in [0.15, 0.2) is 0 Å². The van der Waals surface area contributed by atoms with E-state index in [9.17, 15) is 4.79 Å². The number of aromatic amines is 1. The monoisotopic (exact) mass is 403 g/mol. The highest BCUT2D eigenvalue weighted by molar-refractivity contribution is 6.36. The zero-order chi connectivity index (χ0) is 19.6. The van der Waals surface area contributed by atoms with E-state index < -0.39 is 0 Å². The molecule has 3 rings (SSSR count). The maximum Gasteiger partial charge on any atom is 0.305 e. The van der Waals surface area contributed by atoms with E-state index in [1.165, 1.54) is 18.1 Å². The maximum absolute atomic E-state index is 11.3. The molecule has 1 N–H and O–H groups in total. The molecule has 0 aliphatic rings. The Balaban J connectivity index is 1.86. The van der Waals surface area contributed by atoms with Gasteiger partial charge in [0.1, 0.15) is 0 Å². The maximum atomic E-state index is 11.3. The average molecular weight is 404 g/mol. The van der Waals surface area contributed by atoms with Gasteiger partial charge in [0.05, 0.1) is 7.11 Å². The zero-order valence-corrected chi connectivity index (χ0v) is 17.2. The number of aryl methyl sites for hydroxylation is 1. The molecule has 0 amide bonds. The van der Waals surface area contributed by atoms with Gasteiger partial charge in [0, 0.05) is 40.0 Å². The standard InChI is InChI=1S/C22H23Cl2NO2/c1-13(2)18-12-25-21-6-4-14(8-16(18)21)9-17-19(23)10-15(11-20(17)24)5-7-22(26)27-3/h4,6,8,10-13,25H,5,7,9H2,1-3H3. The second-order valence-electron chi connectivity index (χ2n) is 7.07. The van der Waals surface area contributed by atoms with E-state index in [0.717, 1.165) is 22.2 Å². The molecule has 5 heteroatoms. The van der Waals surface area contributed by atoms with Crippen LogP contribution in [0.4, 0.5) is 0 Å². The van der Waals surface area contributed by atoms with Crippen LogP contribution in [0.2, 0.25) is 10.0 Å². The van der Waals surface area contributed by atoms with Crippen molar-refractivity contribution in [1.29, 1.82) is 0 Å². The van der Waals surface area contributed by atoms with Gasteiger partial charge in [0.25, 0.3) is 0 Å². The third kappa shape index (κ3) is 4.48. The van der Waals surface area contributed by atoms with Crippen LogP contribution in [0.1, 0.15) is 48.4 Å². The molecule has 0 atom stereocenters. The molecule has 27 heavy (non-hydrogen) atoms. The number of hydrogen-bond donors (Lipinski definition) is 1. The third-order valence-corrected chi connectivity index (χ3v) is 5.50. The first-order valence-electron chi connectivity index (χ1n) is 9.02. The first-order valence-corrected chi connectivity index (χ1v) is 9.78. The van der Waals surface area contributed by atoms with Crippen LogP contribution in [0, 0.1) is 0 Å². The number of hydrogen-bond acceptors (Lipinski definition) is 2. The molecule has 1 heterocycles. The van der Waals surface area contributed by atoms with Gasteiger partial charge in [-0.2, -0.15) is 0 Å². The average Bonchev–Trinajstić information content (AvgIpc) is 3.06. The molecule has 0 saturated carbocycles. The molecular formula is C22H23Cl2NO2. The molecular weight excluding hydrogens is 381 g/mol. The van der Waals surface area contributed by atoms with Crippen molar-refractivity contribution in [3.63, 3.8) is 0 Å². The molecule has 0 unspecified atom stereocenters. The minimum absolute atomic E-state index is 0.243. The largest absolute Gasteiger partial charge is 0.469 e. The lowest BCUT2D eigenvalue weighted by molar-refractivity contribution is -0.140. The van der Waals surface area contributed by atoms with E-state index >= 15 is 0 Å². The van der Waals surface area contributed by atoms with E-state index in [0.29, 0.717) is 35.2 Å². The van der Waals surface area contributed by atoms with Crippen molar-refractivity contribution >= 4 is 40.1 Å². The van der Waals surface area contributed by atoms with Crippen molar-refractivity contribution in [2.45, 2.75) is 39.0 Å². The summed E-state index contributed by atoms with van der Waals surface area (Å²) in [6.45, 7) is 4.38. The quantitative estimate of drug-likeness (QED) is 0.490. The highest BCUT2D eigenvalue weighted by atomic mass is 35.5. The molecule has 0 bridgehead atoms. The summed E-state index contributed by atoms with van der Waals surface area (Å²) in [7, 11) is 1.39. The molecule has 0 saturated heterocycles. The minimum atomic E-state index is -0.243. The van der Waals surface area contributed by atoms with Gasteiger partial charge in [-0.05, 0) is 58.9 Å². The van der Waals surface area contributed by atoms with Gasteiger partial charge in [-0.3, -0.25) is 4.79 Å². The van der Waals surface area contributed by atoms with Crippen molar-refractivity contribution in [3.05, 3.63) is 68.8 Å². The van der Waals surface area contributed by atoms with Crippen LogP contribution < -0.4 is 0 Å². The summed E-state index contributed by atoms with van der Waals surface area (Å²) in [4.78, 5) is 14.7. The zero-order valence-electron chi connectivity index (χ0n) is 15.7. The number of halogens is 2. The predicted octanol–water partition coefficient (Wildman–Crippen LogP) is 6.29. The van der Waals surface area contributed by atoms with E-state index in [2.05, 4.69) is 48.0 Å². The lowest BCUT2D eigenvalue weighted by atomic mass is 9.97. The number of rotatable bonds is 6. The van der Waals surface area contributed by atoms with Crippen LogP contribution >= 0.6 is 23.2 Å². The Morgan fingerprint density at radius 1 is 1.11 bits per heavy atom. The summed E-state index contributed by atoms with van der Waals surface area (Å²) >= 11 is 13.0. The number of carbonyl (C=O) groups is 1. The summed E-state index contributed by atoms with van der Waals surface area (Å²) in [6.07, 6.45) is 3.60. The Kier molecular flexibility index (Phi) is 6.13. The molecule has 142 valence electrons.